The minimum Gasteiger partial charge on any atom is -0.401 e. The molecule has 0 aliphatic heterocycles. The van der Waals surface area contributed by atoms with Gasteiger partial charge in [0.05, 0.1) is 9.40 Å². The van der Waals surface area contributed by atoms with Crippen molar-refractivity contribution in [2.45, 2.75) is 6.36 Å². The van der Waals surface area contributed by atoms with E-state index in [9.17, 15) is 27.7 Å². The van der Waals surface area contributed by atoms with E-state index in [0.29, 0.717) is 0 Å². The summed E-state index contributed by atoms with van der Waals surface area (Å²) >= 11 is 2.60. The predicted molar refractivity (Wildman–Crippen MR) is 47.4 cm³/mol. The van der Waals surface area contributed by atoms with Crippen molar-refractivity contribution in [3.8, 4) is 5.75 Å². The number of nitro benzene ring substituents is 1. The first kappa shape index (κ1) is 12.7. The van der Waals surface area contributed by atoms with Crippen LogP contribution in [0.5, 0.6) is 5.75 Å². The second kappa shape index (κ2) is 4.24. The second-order valence-corrected chi connectivity index (χ2v) is 3.37. The molecule has 16 heavy (non-hydrogen) atoms. The lowest BCUT2D eigenvalue weighted by molar-refractivity contribution is -0.387. The summed E-state index contributed by atoms with van der Waals surface area (Å²) in [5.74, 6) is -2.95. The third-order valence-electron chi connectivity index (χ3n) is 1.44. The van der Waals surface area contributed by atoms with Gasteiger partial charge in [-0.1, -0.05) is 0 Å². The van der Waals surface area contributed by atoms with E-state index in [1.165, 1.54) is 0 Å². The number of rotatable bonds is 2. The van der Waals surface area contributed by atoms with Crippen LogP contribution in [-0.4, -0.2) is 11.3 Å². The number of nitro groups is 1. The Bertz CT molecular complexity index is 434. The molecule has 0 saturated heterocycles. The Hall–Kier alpha value is -1.38. The molecule has 0 aliphatic rings. The van der Waals surface area contributed by atoms with E-state index in [4.69, 9.17) is 0 Å². The highest BCUT2D eigenvalue weighted by Gasteiger charge is 2.35. The normalized spacial score (nSPS) is 11.3. The highest BCUT2D eigenvalue weighted by atomic mass is 79.9. The fraction of sp³-hybridized carbons (Fsp3) is 0.143. The van der Waals surface area contributed by atoms with Crippen LogP contribution in [0.4, 0.5) is 23.2 Å². The molecular weight excluding hydrogens is 302 g/mol. The maximum Gasteiger partial charge on any atom is 0.573 e. The number of alkyl halides is 3. The van der Waals surface area contributed by atoms with Crippen molar-refractivity contribution in [1.29, 1.82) is 0 Å². The minimum atomic E-state index is -5.13. The first-order chi connectivity index (χ1) is 7.22. The van der Waals surface area contributed by atoms with Crippen molar-refractivity contribution in [2.24, 2.45) is 0 Å². The zero-order valence-corrected chi connectivity index (χ0v) is 8.80. The predicted octanol–water partition coefficient (Wildman–Crippen LogP) is 3.39. The van der Waals surface area contributed by atoms with E-state index in [2.05, 4.69) is 20.7 Å². The van der Waals surface area contributed by atoms with Crippen LogP contribution in [0.2, 0.25) is 0 Å². The van der Waals surface area contributed by atoms with Crippen LogP contribution in [-0.2, 0) is 0 Å². The van der Waals surface area contributed by atoms with Crippen LogP contribution < -0.4 is 4.74 Å². The molecule has 0 atom stereocenters. The topological polar surface area (TPSA) is 52.4 Å². The molecule has 0 aliphatic carbocycles. The Labute approximate surface area is 94.1 Å². The van der Waals surface area contributed by atoms with Crippen LogP contribution >= 0.6 is 15.9 Å². The average Bonchev–Trinajstić information content (AvgIpc) is 2.10. The number of nitrogens with zero attached hydrogens (tertiary/aromatic N) is 1. The van der Waals surface area contributed by atoms with Gasteiger partial charge in [-0.05, 0) is 22.0 Å². The van der Waals surface area contributed by atoms with Crippen molar-refractivity contribution in [3.63, 3.8) is 0 Å². The van der Waals surface area contributed by atoms with Gasteiger partial charge in [0.25, 0.3) is 0 Å². The van der Waals surface area contributed by atoms with Crippen LogP contribution in [0.1, 0.15) is 0 Å². The van der Waals surface area contributed by atoms with Crippen molar-refractivity contribution in [3.05, 3.63) is 32.5 Å². The Morgan fingerprint density at radius 1 is 1.38 bits per heavy atom. The maximum absolute atomic E-state index is 13.2. The van der Waals surface area contributed by atoms with Crippen molar-refractivity contribution < 1.29 is 27.2 Å². The summed E-state index contributed by atoms with van der Waals surface area (Å²) in [5, 5.41) is 10.3. The molecule has 0 saturated carbocycles. The summed E-state index contributed by atoms with van der Waals surface area (Å²) < 4.78 is 51.7. The van der Waals surface area contributed by atoms with Gasteiger partial charge in [-0.3, -0.25) is 10.1 Å². The molecule has 0 aromatic heterocycles. The van der Waals surface area contributed by atoms with Gasteiger partial charge in [0.2, 0.25) is 5.82 Å². The van der Waals surface area contributed by atoms with Gasteiger partial charge in [0.1, 0.15) is 0 Å². The average molecular weight is 304 g/mol. The molecule has 0 amide bonds. The first-order valence-corrected chi connectivity index (χ1v) is 4.40. The van der Waals surface area contributed by atoms with E-state index in [-0.39, 0.29) is 4.47 Å². The highest BCUT2D eigenvalue weighted by molar-refractivity contribution is 9.10. The Morgan fingerprint density at radius 3 is 2.38 bits per heavy atom. The van der Waals surface area contributed by atoms with Gasteiger partial charge in [0, 0.05) is 6.07 Å². The number of ether oxygens (including phenoxy) is 1. The van der Waals surface area contributed by atoms with Crippen LogP contribution in [0.25, 0.3) is 0 Å². The van der Waals surface area contributed by atoms with E-state index in [0.717, 1.165) is 12.1 Å². The van der Waals surface area contributed by atoms with Gasteiger partial charge in [0.15, 0.2) is 5.75 Å². The molecule has 88 valence electrons. The molecule has 0 N–H and O–H groups in total. The number of hydrogen-bond acceptors (Lipinski definition) is 3. The molecule has 4 nitrogen and oxygen atoms in total. The van der Waals surface area contributed by atoms with E-state index < -0.39 is 28.5 Å². The van der Waals surface area contributed by atoms with E-state index in [1.54, 1.807) is 0 Å². The van der Waals surface area contributed by atoms with Crippen molar-refractivity contribution >= 4 is 21.6 Å². The standard InChI is InChI=1S/C7H2BrF4NO3/c8-3-1-2-4(13(14)15)5(9)6(3)16-7(10,11)12/h1-2H. The van der Waals surface area contributed by atoms with Gasteiger partial charge >= 0.3 is 12.0 Å². The van der Waals surface area contributed by atoms with Crippen molar-refractivity contribution in [2.75, 3.05) is 0 Å². The fourth-order valence-corrected chi connectivity index (χ4v) is 1.26. The molecule has 1 aromatic rings. The summed E-state index contributed by atoms with van der Waals surface area (Å²) in [6, 6.07) is 1.62. The molecule has 0 fully saturated rings. The summed E-state index contributed by atoms with van der Waals surface area (Å²) in [5.41, 5.74) is -1.09. The summed E-state index contributed by atoms with van der Waals surface area (Å²) in [4.78, 5) is 9.12. The largest absolute Gasteiger partial charge is 0.573 e. The maximum atomic E-state index is 13.2. The monoisotopic (exact) mass is 303 g/mol. The Balaban J connectivity index is 3.27. The molecule has 1 aromatic carbocycles. The Morgan fingerprint density at radius 2 is 1.94 bits per heavy atom. The summed E-state index contributed by atoms with van der Waals surface area (Å²) in [6.45, 7) is 0. The molecule has 0 spiro atoms. The molecule has 0 bridgehead atoms. The quantitative estimate of drug-likeness (QED) is 0.478. The lowest BCUT2D eigenvalue weighted by atomic mass is 10.3. The van der Waals surface area contributed by atoms with Gasteiger partial charge in [-0.2, -0.15) is 4.39 Å². The van der Waals surface area contributed by atoms with Gasteiger partial charge in [-0.15, -0.1) is 13.2 Å². The van der Waals surface area contributed by atoms with Crippen molar-refractivity contribution in [1.82, 2.24) is 0 Å². The molecule has 0 heterocycles. The lowest BCUT2D eigenvalue weighted by Crippen LogP contribution is -2.18. The van der Waals surface area contributed by atoms with Gasteiger partial charge < -0.3 is 4.74 Å². The first-order valence-electron chi connectivity index (χ1n) is 3.60. The third kappa shape index (κ3) is 2.81. The van der Waals surface area contributed by atoms with Crippen LogP contribution in [0.3, 0.4) is 0 Å². The fourth-order valence-electron chi connectivity index (χ4n) is 0.872. The smallest absolute Gasteiger partial charge is 0.401 e. The third-order valence-corrected chi connectivity index (χ3v) is 2.07. The molecular formula is C7H2BrF4NO3. The van der Waals surface area contributed by atoms with Gasteiger partial charge in [-0.25, -0.2) is 0 Å². The molecule has 0 radical (unpaired) electrons. The summed E-state index contributed by atoms with van der Waals surface area (Å²) in [6.07, 6.45) is -5.13. The zero-order valence-electron chi connectivity index (χ0n) is 7.22. The van der Waals surface area contributed by atoms with Crippen LogP contribution in [0, 0.1) is 15.9 Å². The number of hydrogen-bond donors (Lipinski definition) is 0. The SMILES string of the molecule is O=[N+]([O-])c1ccc(Br)c(OC(F)(F)F)c1F. The lowest BCUT2D eigenvalue weighted by Gasteiger charge is -2.10. The van der Waals surface area contributed by atoms with E-state index >= 15 is 0 Å². The van der Waals surface area contributed by atoms with Crippen LogP contribution in [0.15, 0.2) is 16.6 Å². The molecule has 0 unspecified atom stereocenters. The second-order valence-electron chi connectivity index (χ2n) is 2.51. The molecule has 1 rings (SSSR count). The summed E-state index contributed by atoms with van der Waals surface area (Å²) in [7, 11) is 0. The number of benzene rings is 1. The number of halogens is 5. The van der Waals surface area contributed by atoms with E-state index in [1.807, 2.05) is 0 Å². The zero-order chi connectivity index (χ0) is 12.5. The minimum absolute atomic E-state index is 0.368. The highest BCUT2D eigenvalue weighted by Crippen LogP contribution is 2.37. The Kier molecular flexibility index (Phi) is 3.36. The molecule has 9 heteroatoms.